The van der Waals surface area contributed by atoms with Crippen LogP contribution in [-0.4, -0.2) is 38.2 Å². The monoisotopic (exact) mass is 246 g/mol. The molecule has 0 aliphatic rings. The van der Waals surface area contributed by atoms with Gasteiger partial charge in [-0.05, 0) is 19.1 Å². The third-order valence-corrected chi connectivity index (χ3v) is 2.34. The summed E-state index contributed by atoms with van der Waals surface area (Å²) in [6.45, 7) is 1.84. The molecular weight excluding hydrogens is 232 g/mol. The maximum atomic E-state index is 11.7. The van der Waals surface area contributed by atoms with Crippen LogP contribution in [0.3, 0.4) is 0 Å². The molecule has 0 bridgehead atoms. The van der Waals surface area contributed by atoms with Crippen LogP contribution in [-0.2, 0) is 0 Å². The topological polar surface area (TPSA) is 80.0 Å². The van der Waals surface area contributed by atoms with Crippen LogP contribution >= 0.6 is 0 Å². The van der Waals surface area contributed by atoms with Gasteiger partial charge in [0.05, 0.1) is 11.7 Å². The number of hydrogen-bond acceptors (Lipinski definition) is 4. The summed E-state index contributed by atoms with van der Waals surface area (Å²) < 4.78 is 1.75. The van der Waals surface area contributed by atoms with Gasteiger partial charge in [0.15, 0.2) is 0 Å². The third kappa shape index (κ3) is 2.92. The van der Waals surface area contributed by atoms with Crippen LogP contribution in [0, 0.1) is 0 Å². The van der Waals surface area contributed by atoms with Crippen molar-refractivity contribution in [2.24, 2.45) is 0 Å². The number of carbonyl (C=O) groups excluding carboxylic acids is 1. The zero-order valence-corrected chi connectivity index (χ0v) is 9.95. The Hall–Kier alpha value is -2.21. The van der Waals surface area contributed by atoms with E-state index in [1.807, 2.05) is 0 Å². The maximum Gasteiger partial charge on any atom is 0.252 e. The van der Waals surface area contributed by atoms with E-state index in [9.17, 15) is 4.79 Å². The first kappa shape index (κ1) is 12.3. The summed E-state index contributed by atoms with van der Waals surface area (Å²) in [6.07, 6.45) is 6.00. The molecule has 1 amide bonds. The maximum absolute atomic E-state index is 11.7. The molecule has 94 valence electrons. The van der Waals surface area contributed by atoms with Gasteiger partial charge in [0.25, 0.3) is 5.91 Å². The number of nitrogens with one attached hydrogen (secondary N) is 1. The number of rotatable bonds is 4. The van der Waals surface area contributed by atoms with Crippen molar-refractivity contribution in [3.05, 3.63) is 42.6 Å². The van der Waals surface area contributed by atoms with Gasteiger partial charge in [-0.15, -0.1) is 0 Å². The van der Waals surface area contributed by atoms with Crippen molar-refractivity contribution in [3.8, 4) is 5.82 Å². The van der Waals surface area contributed by atoms with Gasteiger partial charge in [0.2, 0.25) is 0 Å². The van der Waals surface area contributed by atoms with Gasteiger partial charge in [-0.2, -0.15) is 0 Å². The summed E-state index contributed by atoms with van der Waals surface area (Å²) in [7, 11) is 0. The van der Waals surface area contributed by atoms with Gasteiger partial charge >= 0.3 is 0 Å². The van der Waals surface area contributed by atoms with Gasteiger partial charge in [0.1, 0.15) is 12.1 Å². The van der Waals surface area contributed by atoms with E-state index in [2.05, 4.69) is 15.3 Å². The summed E-state index contributed by atoms with van der Waals surface area (Å²) in [5.41, 5.74) is 0.458. The van der Waals surface area contributed by atoms with Crippen molar-refractivity contribution in [1.82, 2.24) is 19.9 Å². The largest absolute Gasteiger partial charge is 0.392 e. The molecule has 2 aromatic heterocycles. The number of aliphatic hydroxyl groups excluding tert-OH is 1. The first-order chi connectivity index (χ1) is 8.66. The average molecular weight is 246 g/mol. The van der Waals surface area contributed by atoms with Crippen LogP contribution < -0.4 is 5.32 Å². The van der Waals surface area contributed by atoms with Gasteiger partial charge in [-0.1, -0.05) is 0 Å². The predicted molar refractivity (Wildman–Crippen MR) is 65.4 cm³/mol. The van der Waals surface area contributed by atoms with Gasteiger partial charge in [-0.3, -0.25) is 9.36 Å². The van der Waals surface area contributed by atoms with E-state index in [1.54, 1.807) is 42.3 Å². The van der Waals surface area contributed by atoms with Crippen LogP contribution in [0.1, 0.15) is 17.3 Å². The summed E-state index contributed by atoms with van der Waals surface area (Å²) in [5, 5.41) is 11.7. The number of pyridine rings is 1. The minimum absolute atomic E-state index is 0.224. The van der Waals surface area contributed by atoms with E-state index in [1.165, 1.54) is 6.20 Å². The minimum atomic E-state index is -0.563. The molecule has 6 heteroatoms. The fourth-order valence-electron chi connectivity index (χ4n) is 1.41. The second-order valence-electron chi connectivity index (χ2n) is 3.93. The lowest BCUT2D eigenvalue weighted by molar-refractivity contribution is 0.0923. The van der Waals surface area contributed by atoms with Gasteiger partial charge < -0.3 is 10.4 Å². The Balaban J connectivity index is 2.06. The lowest BCUT2D eigenvalue weighted by Crippen LogP contribution is -2.30. The molecule has 6 nitrogen and oxygen atoms in total. The average Bonchev–Trinajstić information content (AvgIpc) is 2.90. The third-order valence-electron chi connectivity index (χ3n) is 2.34. The second-order valence-corrected chi connectivity index (χ2v) is 3.93. The number of hydrogen-bond donors (Lipinski definition) is 2. The zero-order chi connectivity index (χ0) is 13.0. The molecule has 0 saturated heterocycles. The van der Waals surface area contributed by atoms with Gasteiger partial charge in [0, 0.05) is 25.1 Å². The molecule has 0 spiro atoms. The first-order valence-electron chi connectivity index (χ1n) is 5.57. The Bertz CT molecular complexity index is 505. The first-order valence-corrected chi connectivity index (χ1v) is 5.57. The summed E-state index contributed by atoms with van der Waals surface area (Å²) in [4.78, 5) is 19.8. The van der Waals surface area contributed by atoms with E-state index >= 15 is 0 Å². The number of imidazole rings is 1. The molecule has 2 heterocycles. The SMILES string of the molecule is C[C@@H](O)CNC(=O)c1ccc(-n2ccnc2)nc1. The molecule has 0 radical (unpaired) electrons. The normalized spacial score (nSPS) is 12.1. The molecule has 0 aliphatic carbocycles. The van der Waals surface area contributed by atoms with Crippen molar-refractivity contribution in [2.45, 2.75) is 13.0 Å². The minimum Gasteiger partial charge on any atom is -0.392 e. The quantitative estimate of drug-likeness (QED) is 0.817. The molecule has 2 rings (SSSR count). The van der Waals surface area contributed by atoms with E-state index < -0.39 is 6.10 Å². The number of aromatic nitrogens is 3. The van der Waals surface area contributed by atoms with Crippen LogP contribution in [0.15, 0.2) is 37.1 Å². The van der Waals surface area contributed by atoms with Crippen molar-refractivity contribution >= 4 is 5.91 Å². The highest BCUT2D eigenvalue weighted by Gasteiger charge is 2.07. The Morgan fingerprint density at radius 3 is 2.94 bits per heavy atom. The highest BCUT2D eigenvalue weighted by Crippen LogP contribution is 2.05. The molecule has 0 unspecified atom stereocenters. The van der Waals surface area contributed by atoms with Crippen LogP contribution in [0.25, 0.3) is 5.82 Å². The highest BCUT2D eigenvalue weighted by atomic mass is 16.3. The Morgan fingerprint density at radius 2 is 2.39 bits per heavy atom. The fourth-order valence-corrected chi connectivity index (χ4v) is 1.41. The molecule has 0 saturated carbocycles. The zero-order valence-electron chi connectivity index (χ0n) is 9.95. The van der Waals surface area contributed by atoms with Crippen molar-refractivity contribution in [3.63, 3.8) is 0 Å². The molecule has 0 fully saturated rings. The second kappa shape index (κ2) is 5.42. The lowest BCUT2D eigenvalue weighted by atomic mass is 10.2. The summed E-state index contributed by atoms with van der Waals surface area (Å²) in [6, 6.07) is 3.42. The molecule has 2 aromatic rings. The highest BCUT2D eigenvalue weighted by molar-refractivity contribution is 5.93. The van der Waals surface area contributed by atoms with Crippen LogP contribution in [0.5, 0.6) is 0 Å². The van der Waals surface area contributed by atoms with Crippen molar-refractivity contribution in [2.75, 3.05) is 6.54 Å². The number of aliphatic hydroxyl groups is 1. The van der Waals surface area contributed by atoms with Crippen LogP contribution in [0.2, 0.25) is 0 Å². The van der Waals surface area contributed by atoms with E-state index in [4.69, 9.17) is 5.11 Å². The van der Waals surface area contributed by atoms with Crippen molar-refractivity contribution in [1.29, 1.82) is 0 Å². The number of nitrogens with zero attached hydrogens (tertiary/aromatic N) is 3. The molecular formula is C12H14N4O2. The fraction of sp³-hybridized carbons (Fsp3) is 0.250. The molecule has 18 heavy (non-hydrogen) atoms. The molecule has 2 N–H and O–H groups in total. The summed E-state index contributed by atoms with van der Waals surface area (Å²) >= 11 is 0. The molecule has 0 aromatic carbocycles. The van der Waals surface area contributed by atoms with E-state index in [-0.39, 0.29) is 12.5 Å². The van der Waals surface area contributed by atoms with E-state index in [0.717, 1.165) is 0 Å². The van der Waals surface area contributed by atoms with E-state index in [0.29, 0.717) is 11.4 Å². The lowest BCUT2D eigenvalue weighted by Gasteiger charge is -2.07. The Morgan fingerprint density at radius 1 is 1.56 bits per heavy atom. The molecule has 0 aliphatic heterocycles. The number of amides is 1. The van der Waals surface area contributed by atoms with Crippen molar-refractivity contribution < 1.29 is 9.90 Å². The molecule has 1 atom stereocenters. The summed E-state index contributed by atoms with van der Waals surface area (Å²) in [5.74, 6) is 0.445. The van der Waals surface area contributed by atoms with Gasteiger partial charge in [-0.25, -0.2) is 9.97 Å². The number of carbonyl (C=O) groups is 1. The standard InChI is InChI=1S/C12H14N4O2/c1-9(17)6-15-12(18)10-2-3-11(14-7-10)16-5-4-13-8-16/h2-5,7-9,17H,6H2,1H3,(H,15,18)/t9-/m1/s1. The smallest absolute Gasteiger partial charge is 0.252 e. The Labute approximate surface area is 104 Å². The Kier molecular flexibility index (Phi) is 3.69. The van der Waals surface area contributed by atoms with Crippen LogP contribution in [0.4, 0.5) is 0 Å². The predicted octanol–water partition coefficient (Wildman–Crippen LogP) is 0.378.